The number of aromatic nitrogens is 1. The summed E-state index contributed by atoms with van der Waals surface area (Å²) < 4.78 is 22.1. The summed E-state index contributed by atoms with van der Waals surface area (Å²) in [6, 6.07) is 1.28. The molecular weight excluding hydrogens is 192 g/mol. The van der Waals surface area contributed by atoms with E-state index in [0.717, 1.165) is 12.5 Å². The van der Waals surface area contributed by atoms with Gasteiger partial charge in [-0.1, -0.05) is 0 Å². The molecule has 0 saturated carbocycles. The van der Waals surface area contributed by atoms with Gasteiger partial charge in [0.05, 0.1) is 11.9 Å². The molecule has 1 heterocycles. The van der Waals surface area contributed by atoms with Crippen LogP contribution in [0.4, 0.5) is 5.69 Å². The lowest BCUT2D eigenvalue weighted by Crippen LogP contribution is -2.01. The van der Waals surface area contributed by atoms with Crippen LogP contribution in [-0.4, -0.2) is 31.8 Å². The minimum atomic E-state index is -3.31. The fourth-order valence-electron chi connectivity index (χ4n) is 0.832. The summed E-state index contributed by atoms with van der Waals surface area (Å²) in [6.07, 6.45) is 2.16. The van der Waals surface area contributed by atoms with Crippen molar-refractivity contribution in [1.82, 2.24) is 4.98 Å². The highest BCUT2D eigenvalue weighted by atomic mass is 32.2. The van der Waals surface area contributed by atoms with Crippen LogP contribution in [0, 0.1) is 0 Å². The number of hydrogen-bond donors (Lipinski definition) is 2. The standard InChI is InChI=1S/C7H10N2O3S/c1-8-5-3-7(13(2,11)12)9-4-6(5)10/h3-4,10H,1-2H3,(H,8,9). The number of pyridine rings is 1. The number of hydrogen-bond acceptors (Lipinski definition) is 5. The molecular formula is C7H10N2O3S. The highest BCUT2D eigenvalue weighted by Gasteiger charge is 2.11. The maximum atomic E-state index is 11.0. The molecule has 13 heavy (non-hydrogen) atoms. The highest BCUT2D eigenvalue weighted by molar-refractivity contribution is 7.90. The van der Waals surface area contributed by atoms with Gasteiger partial charge in [-0.2, -0.15) is 0 Å². The van der Waals surface area contributed by atoms with Crippen molar-refractivity contribution in [2.75, 3.05) is 18.6 Å². The zero-order valence-corrected chi connectivity index (χ0v) is 8.09. The Bertz CT molecular complexity index is 414. The molecule has 0 amide bonds. The van der Waals surface area contributed by atoms with E-state index in [4.69, 9.17) is 0 Å². The lowest BCUT2D eigenvalue weighted by atomic mass is 10.4. The second-order valence-electron chi connectivity index (χ2n) is 2.56. The van der Waals surface area contributed by atoms with Crippen molar-refractivity contribution in [1.29, 1.82) is 0 Å². The molecule has 0 aliphatic rings. The van der Waals surface area contributed by atoms with Gasteiger partial charge in [-0.3, -0.25) is 0 Å². The largest absolute Gasteiger partial charge is 0.504 e. The van der Waals surface area contributed by atoms with Crippen LogP contribution in [0.25, 0.3) is 0 Å². The summed E-state index contributed by atoms with van der Waals surface area (Å²) in [5, 5.41) is 11.8. The van der Waals surface area contributed by atoms with Crippen molar-refractivity contribution < 1.29 is 13.5 Å². The van der Waals surface area contributed by atoms with Crippen LogP contribution in [0.15, 0.2) is 17.3 Å². The Hall–Kier alpha value is -1.30. The van der Waals surface area contributed by atoms with Crippen LogP contribution < -0.4 is 5.32 Å². The zero-order valence-electron chi connectivity index (χ0n) is 7.27. The van der Waals surface area contributed by atoms with Crippen LogP contribution in [-0.2, 0) is 9.84 Å². The molecule has 0 spiro atoms. The van der Waals surface area contributed by atoms with Crippen molar-refractivity contribution in [3.63, 3.8) is 0 Å². The van der Waals surface area contributed by atoms with Gasteiger partial charge in [-0.05, 0) is 0 Å². The second-order valence-corrected chi connectivity index (χ2v) is 4.52. The van der Waals surface area contributed by atoms with E-state index in [-0.39, 0.29) is 10.8 Å². The third kappa shape index (κ3) is 2.09. The van der Waals surface area contributed by atoms with Crippen molar-refractivity contribution in [2.24, 2.45) is 0 Å². The fraction of sp³-hybridized carbons (Fsp3) is 0.286. The van der Waals surface area contributed by atoms with E-state index in [1.165, 1.54) is 6.07 Å². The predicted octanol–water partition coefficient (Wildman–Crippen LogP) is 0.232. The Kier molecular flexibility index (Phi) is 2.42. The molecule has 72 valence electrons. The van der Waals surface area contributed by atoms with Crippen LogP contribution in [0.3, 0.4) is 0 Å². The first kappa shape index (κ1) is 9.79. The number of nitrogens with one attached hydrogen (secondary N) is 1. The summed E-state index contributed by atoms with van der Waals surface area (Å²) in [5.41, 5.74) is 0.343. The van der Waals surface area contributed by atoms with Crippen LogP contribution >= 0.6 is 0 Å². The SMILES string of the molecule is CNc1cc(S(C)(=O)=O)ncc1O. The third-order valence-electron chi connectivity index (χ3n) is 1.51. The quantitative estimate of drug-likeness (QED) is 0.717. The molecule has 0 aromatic carbocycles. The first-order valence-electron chi connectivity index (χ1n) is 3.52. The summed E-state index contributed by atoms with van der Waals surface area (Å²) in [6.45, 7) is 0. The first-order chi connectivity index (χ1) is 5.95. The normalized spacial score (nSPS) is 11.2. The molecule has 1 aromatic rings. The maximum absolute atomic E-state index is 11.0. The number of rotatable bonds is 2. The number of aromatic hydroxyl groups is 1. The molecule has 1 rings (SSSR count). The van der Waals surface area contributed by atoms with Gasteiger partial charge in [-0.25, -0.2) is 13.4 Å². The molecule has 0 unspecified atom stereocenters. The van der Waals surface area contributed by atoms with Gasteiger partial charge >= 0.3 is 0 Å². The highest BCUT2D eigenvalue weighted by Crippen LogP contribution is 2.23. The molecule has 0 aliphatic carbocycles. The summed E-state index contributed by atoms with van der Waals surface area (Å²) in [5.74, 6) is -0.0742. The molecule has 0 fully saturated rings. The summed E-state index contributed by atoms with van der Waals surface area (Å²) in [7, 11) is -1.73. The average molecular weight is 202 g/mol. The van der Waals surface area contributed by atoms with Gasteiger partial charge in [0.2, 0.25) is 0 Å². The average Bonchev–Trinajstić information content (AvgIpc) is 2.03. The third-order valence-corrected chi connectivity index (χ3v) is 2.49. The molecule has 0 saturated heterocycles. The van der Waals surface area contributed by atoms with Crippen molar-refractivity contribution in [3.8, 4) is 5.75 Å². The van der Waals surface area contributed by atoms with E-state index in [1.807, 2.05) is 0 Å². The van der Waals surface area contributed by atoms with Crippen molar-refractivity contribution in [3.05, 3.63) is 12.3 Å². The minimum Gasteiger partial charge on any atom is -0.504 e. The molecule has 5 nitrogen and oxygen atoms in total. The van der Waals surface area contributed by atoms with Gasteiger partial charge in [-0.15, -0.1) is 0 Å². The summed E-state index contributed by atoms with van der Waals surface area (Å²) >= 11 is 0. The molecule has 0 atom stereocenters. The van der Waals surface area contributed by atoms with Crippen molar-refractivity contribution in [2.45, 2.75) is 5.03 Å². The van der Waals surface area contributed by atoms with Crippen LogP contribution in [0.1, 0.15) is 0 Å². The van der Waals surface area contributed by atoms with Crippen LogP contribution in [0.5, 0.6) is 5.75 Å². The molecule has 0 bridgehead atoms. The van der Waals surface area contributed by atoms with Gasteiger partial charge in [0, 0.05) is 19.4 Å². The fourth-order valence-corrected chi connectivity index (χ4v) is 1.41. The number of anilines is 1. The van der Waals surface area contributed by atoms with E-state index < -0.39 is 9.84 Å². The monoisotopic (exact) mass is 202 g/mol. The summed E-state index contributed by atoms with van der Waals surface area (Å²) in [4.78, 5) is 3.58. The number of nitrogens with zero attached hydrogens (tertiary/aromatic N) is 1. The molecule has 0 aliphatic heterocycles. The first-order valence-corrected chi connectivity index (χ1v) is 5.41. The van der Waals surface area contributed by atoms with Gasteiger partial charge < -0.3 is 10.4 Å². The van der Waals surface area contributed by atoms with Gasteiger partial charge in [0.1, 0.15) is 0 Å². The smallest absolute Gasteiger partial charge is 0.192 e. The second kappa shape index (κ2) is 3.21. The molecule has 6 heteroatoms. The van der Waals surface area contributed by atoms with Gasteiger partial charge in [0.25, 0.3) is 0 Å². The molecule has 1 aromatic heterocycles. The predicted molar refractivity (Wildman–Crippen MR) is 48.6 cm³/mol. The lowest BCUT2D eigenvalue weighted by Gasteiger charge is -2.04. The van der Waals surface area contributed by atoms with E-state index in [1.54, 1.807) is 7.05 Å². The Morgan fingerprint density at radius 3 is 2.62 bits per heavy atom. The number of sulfone groups is 1. The van der Waals surface area contributed by atoms with Crippen molar-refractivity contribution >= 4 is 15.5 Å². The van der Waals surface area contributed by atoms with E-state index in [0.29, 0.717) is 5.69 Å². The Morgan fingerprint density at radius 1 is 1.54 bits per heavy atom. The Labute approximate surface area is 76.4 Å². The van der Waals surface area contributed by atoms with Crippen LogP contribution in [0.2, 0.25) is 0 Å². The zero-order chi connectivity index (χ0) is 10.1. The topological polar surface area (TPSA) is 79.3 Å². The van der Waals surface area contributed by atoms with Gasteiger partial charge in [0.15, 0.2) is 20.6 Å². The molecule has 2 N–H and O–H groups in total. The lowest BCUT2D eigenvalue weighted by molar-refractivity contribution is 0.473. The van der Waals surface area contributed by atoms with E-state index in [9.17, 15) is 13.5 Å². The Balaban J connectivity index is 3.30. The van der Waals surface area contributed by atoms with E-state index >= 15 is 0 Å². The minimum absolute atomic E-state index is 0.0605. The maximum Gasteiger partial charge on any atom is 0.192 e. The molecule has 0 radical (unpaired) electrons. The Morgan fingerprint density at radius 2 is 2.15 bits per heavy atom. The van der Waals surface area contributed by atoms with E-state index in [2.05, 4.69) is 10.3 Å².